The summed E-state index contributed by atoms with van der Waals surface area (Å²) in [5, 5.41) is 0.0317. The Bertz CT molecular complexity index is 600. The van der Waals surface area contributed by atoms with E-state index < -0.39 is 23.4 Å². The predicted octanol–water partition coefficient (Wildman–Crippen LogP) is 4.77. The second-order valence-corrected chi connectivity index (χ2v) is 7.74. The molecule has 9 heteroatoms. The molecule has 7 nitrogen and oxygen atoms in total. The Morgan fingerprint density at radius 1 is 0.875 bits per heavy atom. The standard InChI is InChI=1S/C15H21Cl2N3O4/c1-8-9(16)18-11(19-10(8)17)20(12(21)23-14(2,3)4)13(22)24-15(5,6)7/h1-7H3. The van der Waals surface area contributed by atoms with Gasteiger partial charge in [0.25, 0.3) is 0 Å². The van der Waals surface area contributed by atoms with E-state index in [4.69, 9.17) is 32.7 Å². The molecule has 0 aromatic carbocycles. The Morgan fingerprint density at radius 2 is 1.21 bits per heavy atom. The summed E-state index contributed by atoms with van der Waals surface area (Å²) in [5.74, 6) is -0.320. The van der Waals surface area contributed by atoms with Crippen molar-refractivity contribution in [2.45, 2.75) is 59.7 Å². The molecule has 0 unspecified atom stereocenters. The highest BCUT2D eigenvalue weighted by Crippen LogP contribution is 2.25. The van der Waals surface area contributed by atoms with Gasteiger partial charge < -0.3 is 9.47 Å². The zero-order valence-corrected chi connectivity index (χ0v) is 16.2. The van der Waals surface area contributed by atoms with Crippen LogP contribution in [0.4, 0.5) is 15.5 Å². The quantitative estimate of drug-likeness (QED) is 0.655. The second-order valence-electron chi connectivity index (χ2n) is 7.03. The lowest BCUT2D eigenvalue weighted by Gasteiger charge is -2.27. The molecule has 24 heavy (non-hydrogen) atoms. The van der Waals surface area contributed by atoms with Crippen LogP contribution in [0.3, 0.4) is 0 Å². The van der Waals surface area contributed by atoms with Crippen LogP contribution < -0.4 is 4.90 Å². The lowest BCUT2D eigenvalue weighted by molar-refractivity contribution is 0.0427. The summed E-state index contributed by atoms with van der Waals surface area (Å²) in [5.41, 5.74) is -1.25. The number of nitrogens with zero attached hydrogens (tertiary/aromatic N) is 3. The molecule has 0 saturated heterocycles. The van der Waals surface area contributed by atoms with Crippen LogP contribution in [0, 0.1) is 6.92 Å². The summed E-state index contributed by atoms with van der Waals surface area (Å²) < 4.78 is 10.4. The Labute approximate surface area is 151 Å². The fourth-order valence-corrected chi connectivity index (χ4v) is 1.78. The van der Waals surface area contributed by atoms with Crippen LogP contribution in [0.5, 0.6) is 0 Å². The molecule has 2 amide bonds. The van der Waals surface area contributed by atoms with Gasteiger partial charge in [-0.25, -0.2) is 9.59 Å². The van der Waals surface area contributed by atoms with E-state index in [0.717, 1.165) is 0 Å². The van der Waals surface area contributed by atoms with E-state index in [-0.39, 0.29) is 16.3 Å². The maximum atomic E-state index is 12.4. The molecule has 0 atom stereocenters. The van der Waals surface area contributed by atoms with E-state index in [2.05, 4.69) is 9.97 Å². The lowest BCUT2D eigenvalue weighted by Crippen LogP contribution is -2.44. The van der Waals surface area contributed by atoms with E-state index in [1.54, 1.807) is 48.5 Å². The van der Waals surface area contributed by atoms with Crippen LogP contribution in [0.2, 0.25) is 10.3 Å². The first-order valence-corrected chi connectivity index (χ1v) is 7.92. The Morgan fingerprint density at radius 3 is 1.50 bits per heavy atom. The Kier molecular flexibility index (Phi) is 6.05. The number of carbonyl (C=O) groups is 2. The number of ether oxygens (including phenoxy) is 2. The summed E-state index contributed by atoms with van der Waals surface area (Å²) in [6.07, 6.45) is -1.99. The largest absolute Gasteiger partial charge is 0.443 e. The van der Waals surface area contributed by atoms with Crippen LogP contribution in [0.1, 0.15) is 47.1 Å². The van der Waals surface area contributed by atoms with Gasteiger partial charge in [0, 0.05) is 5.56 Å². The molecule has 0 aliphatic rings. The van der Waals surface area contributed by atoms with Crippen molar-refractivity contribution in [1.29, 1.82) is 0 Å². The van der Waals surface area contributed by atoms with Gasteiger partial charge >= 0.3 is 12.2 Å². The van der Waals surface area contributed by atoms with Gasteiger partial charge in [-0.3, -0.25) is 0 Å². The molecule has 0 saturated carbocycles. The molecular formula is C15H21Cl2N3O4. The van der Waals surface area contributed by atoms with Crippen molar-refractivity contribution in [3.63, 3.8) is 0 Å². The number of amides is 2. The third-order valence-corrected chi connectivity index (χ3v) is 3.10. The Hall–Kier alpha value is -1.60. The van der Waals surface area contributed by atoms with Crippen molar-refractivity contribution in [3.05, 3.63) is 15.9 Å². The van der Waals surface area contributed by atoms with Crippen LogP contribution in [0.15, 0.2) is 0 Å². The minimum absolute atomic E-state index is 0.0158. The number of halogens is 2. The maximum Gasteiger partial charge on any atom is 0.427 e. The van der Waals surface area contributed by atoms with Crippen LogP contribution in [-0.2, 0) is 9.47 Å². The molecule has 1 rings (SSSR count). The van der Waals surface area contributed by atoms with Crippen molar-refractivity contribution in [2.75, 3.05) is 4.90 Å². The van der Waals surface area contributed by atoms with Gasteiger partial charge in [-0.15, -0.1) is 4.90 Å². The number of imide groups is 1. The first kappa shape index (κ1) is 20.4. The van der Waals surface area contributed by atoms with Crippen LogP contribution in [0.25, 0.3) is 0 Å². The van der Waals surface area contributed by atoms with E-state index in [9.17, 15) is 9.59 Å². The van der Waals surface area contributed by atoms with Gasteiger partial charge in [0.15, 0.2) is 0 Å². The molecule has 0 spiro atoms. The van der Waals surface area contributed by atoms with Crippen molar-refractivity contribution < 1.29 is 19.1 Å². The summed E-state index contributed by atoms with van der Waals surface area (Å²) in [6, 6.07) is 0. The van der Waals surface area contributed by atoms with E-state index in [1.165, 1.54) is 0 Å². The molecule has 134 valence electrons. The molecule has 0 aliphatic carbocycles. The monoisotopic (exact) mass is 377 g/mol. The maximum absolute atomic E-state index is 12.4. The van der Waals surface area contributed by atoms with Gasteiger partial charge in [0.05, 0.1) is 0 Å². The summed E-state index contributed by atoms with van der Waals surface area (Å²) in [6.45, 7) is 11.6. The van der Waals surface area contributed by atoms with Gasteiger partial charge in [-0.2, -0.15) is 9.97 Å². The third-order valence-electron chi connectivity index (χ3n) is 2.37. The molecular weight excluding hydrogens is 357 g/mol. The van der Waals surface area contributed by atoms with Crippen molar-refractivity contribution in [2.24, 2.45) is 0 Å². The third kappa shape index (κ3) is 5.79. The zero-order valence-electron chi connectivity index (χ0n) is 14.7. The second kappa shape index (κ2) is 7.11. The summed E-state index contributed by atoms with van der Waals surface area (Å²) in [7, 11) is 0. The molecule has 0 bridgehead atoms. The summed E-state index contributed by atoms with van der Waals surface area (Å²) in [4.78, 5) is 33.3. The highest BCUT2D eigenvalue weighted by atomic mass is 35.5. The van der Waals surface area contributed by atoms with E-state index in [0.29, 0.717) is 10.5 Å². The normalized spacial score (nSPS) is 11.9. The number of anilines is 1. The van der Waals surface area contributed by atoms with Gasteiger partial charge in [-0.05, 0) is 48.5 Å². The van der Waals surface area contributed by atoms with E-state index >= 15 is 0 Å². The number of hydrogen-bond donors (Lipinski definition) is 0. The fraction of sp³-hybridized carbons (Fsp3) is 0.600. The van der Waals surface area contributed by atoms with Crippen LogP contribution >= 0.6 is 23.2 Å². The number of rotatable bonds is 1. The summed E-state index contributed by atoms with van der Waals surface area (Å²) >= 11 is 11.9. The number of aromatic nitrogens is 2. The number of hydrogen-bond acceptors (Lipinski definition) is 6. The number of carbonyl (C=O) groups excluding carboxylic acids is 2. The van der Waals surface area contributed by atoms with Crippen LogP contribution in [-0.4, -0.2) is 33.4 Å². The topological polar surface area (TPSA) is 81.6 Å². The Balaban J connectivity index is 3.33. The molecule has 1 aromatic heterocycles. The van der Waals surface area contributed by atoms with Crippen molar-refractivity contribution in [3.8, 4) is 0 Å². The van der Waals surface area contributed by atoms with Gasteiger partial charge in [-0.1, -0.05) is 23.2 Å². The average Bonchev–Trinajstić information content (AvgIpc) is 2.31. The van der Waals surface area contributed by atoms with Crippen molar-refractivity contribution in [1.82, 2.24) is 9.97 Å². The minimum atomic E-state index is -0.993. The minimum Gasteiger partial charge on any atom is -0.443 e. The molecule has 0 radical (unpaired) electrons. The van der Waals surface area contributed by atoms with E-state index in [1.807, 2.05) is 0 Å². The average molecular weight is 378 g/mol. The highest BCUT2D eigenvalue weighted by Gasteiger charge is 2.35. The first-order valence-electron chi connectivity index (χ1n) is 7.17. The molecule has 1 aromatic rings. The fourth-order valence-electron chi connectivity index (χ4n) is 1.41. The first-order chi connectivity index (χ1) is 10.7. The van der Waals surface area contributed by atoms with Crippen molar-refractivity contribution >= 4 is 41.3 Å². The molecule has 0 N–H and O–H groups in total. The SMILES string of the molecule is Cc1c(Cl)nc(N(C(=O)OC(C)(C)C)C(=O)OC(C)(C)C)nc1Cl. The molecule has 0 aliphatic heterocycles. The zero-order chi connectivity index (χ0) is 18.9. The highest BCUT2D eigenvalue weighted by molar-refractivity contribution is 6.34. The molecule has 1 heterocycles. The van der Waals surface area contributed by atoms with Gasteiger partial charge in [0.2, 0.25) is 5.95 Å². The molecule has 0 fully saturated rings. The predicted molar refractivity (Wildman–Crippen MR) is 91.7 cm³/mol. The lowest BCUT2D eigenvalue weighted by atomic mass is 10.2. The smallest absolute Gasteiger partial charge is 0.427 e. The van der Waals surface area contributed by atoms with Gasteiger partial charge in [0.1, 0.15) is 21.5 Å².